The van der Waals surface area contributed by atoms with Gasteiger partial charge in [0.05, 0.1) is 30.5 Å². The number of nitrogens with zero attached hydrogens (tertiary/aromatic N) is 3. The van der Waals surface area contributed by atoms with Crippen LogP contribution in [0.15, 0.2) is 36.4 Å². The molecule has 10 heteroatoms. The van der Waals surface area contributed by atoms with Crippen LogP contribution in [0, 0.1) is 11.6 Å². The molecule has 0 unspecified atom stereocenters. The molecule has 4 rings (SSSR count). The lowest BCUT2D eigenvalue weighted by molar-refractivity contribution is 0.0391. The SMILES string of the molecule is COc1ccc2sc(N(CCN3CCOCC3)C(=O)c3ccc(F)c(F)c3)nc2c1.Cl. The molecule has 1 fully saturated rings. The number of aromatic nitrogens is 1. The van der Waals surface area contributed by atoms with Gasteiger partial charge in [0.1, 0.15) is 5.75 Å². The molecule has 0 bridgehead atoms. The summed E-state index contributed by atoms with van der Waals surface area (Å²) in [7, 11) is 1.58. The maximum Gasteiger partial charge on any atom is 0.260 e. The van der Waals surface area contributed by atoms with Crippen molar-refractivity contribution in [3.8, 4) is 5.75 Å². The average Bonchev–Trinajstić information content (AvgIpc) is 3.19. The van der Waals surface area contributed by atoms with Gasteiger partial charge in [0, 0.05) is 37.8 Å². The number of amides is 1. The summed E-state index contributed by atoms with van der Waals surface area (Å²) in [5.74, 6) is -1.79. The Balaban J connectivity index is 0.00000272. The summed E-state index contributed by atoms with van der Waals surface area (Å²) in [6.07, 6.45) is 0. The molecule has 0 N–H and O–H groups in total. The monoisotopic (exact) mass is 469 g/mol. The molecule has 1 aliphatic rings. The summed E-state index contributed by atoms with van der Waals surface area (Å²) in [5, 5.41) is 0.501. The first-order valence-electron chi connectivity index (χ1n) is 9.57. The predicted molar refractivity (Wildman–Crippen MR) is 119 cm³/mol. The number of thiazole rings is 1. The van der Waals surface area contributed by atoms with Crippen LogP contribution in [-0.4, -0.2) is 62.3 Å². The van der Waals surface area contributed by atoms with Crippen LogP contribution in [0.25, 0.3) is 10.2 Å². The highest BCUT2D eigenvalue weighted by molar-refractivity contribution is 7.22. The minimum Gasteiger partial charge on any atom is -0.497 e. The van der Waals surface area contributed by atoms with Gasteiger partial charge in [-0.2, -0.15) is 0 Å². The number of halogens is 3. The van der Waals surface area contributed by atoms with Crippen LogP contribution in [0.4, 0.5) is 13.9 Å². The molecule has 31 heavy (non-hydrogen) atoms. The van der Waals surface area contributed by atoms with Crippen LogP contribution in [0.1, 0.15) is 10.4 Å². The summed E-state index contributed by atoms with van der Waals surface area (Å²) in [6, 6.07) is 8.70. The van der Waals surface area contributed by atoms with Crippen molar-refractivity contribution in [2.75, 3.05) is 51.4 Å². The fourth-order valence-electron chi connectivity index (χ4n) is 3.27. The number of ether oxygens (including phenoxy) is 2. The van der Waals surface area contributed by atoms with Gasteiger partial charge in [-0.25, -0.2) is 13.8 Å². The van der Waals surface area contributed by atoms with Crippen molar-refractivity contribution in [2.24, 2.45) is 0 Å². The first-order chi connectivity index (χ1) is 14.5. The molecule has 0 saturated carbocycles. The van der Waals surface area contributed by atoms with Crippen LogP contribution >= 0.6 is 23.7 Å². The summed E-state index contributed by atoms with van der Waals surface area (Å²) >= 11 is 1.37. The number of morpholine rings is 1. The van der Waals surface area contributed by atoms with Crippen LogP contribution in [0.2, 0.25) is 0 Å². The van der Waals surface area contributed by atoms with Crippen molar-refractivity contribution in [3.05, 3.63) is 53.6 Å². The molecular formula is C21H22ClF2N3O3S. The highest BCUT2D eigenvalue weighted by Gasteiger charge is 2.24. The number of rotatable bonds is 6. The Hall–Kier alpha value is -2.33. The van der Waals surface area contributed by atoms with Crippen molar-refractivity contribution in [3.63, 3.8) is 0 Å². The van der Waals surface area contributed by atoms with E-state index in [9.17, 15) is 13.6 Å². The second-order valence-corrected chi connectivity index (χ2v) is 7.88. The van der Waals surface area contributed by atoms with E-state index in [1.807, 2.05) is 12.1 Å². The molecule has 1 saturated heterocycles. The molecule has 6 nitrogen and oxygen atoms in total. The summed E-state index contributed by atoms with van der Waals surface area (Å²) < 4.78 is 38.6. The summed E-state index contributed by atoms with van der Waals surface area (Å²) in [5.41, 5.74) is 0.788. The topological polar surface area (TPSA) is 54.9 Å². The second kappa shape index (κ2) is 10.3. The van der Waals surface area contributed by atoms with Gasteiger partial charge in [-0.1, -0.05) is 11.3 Å². The largest absolute Gasteiger partial charge is 0.497 e. The van der Waals surface area contributed by atoms with Gasteiger partial charge in [0.25, 0.3) is 5.91 Å². The lowest BCUT2D eigenvalue weighted by Crippen LogP contribution is -2.43. The molecule has 1 aliphatic heterocycles. The van der Waals surface area contributed by atoms with Crippen LogP contribution in [0.3, 0.4) is 0 Å². The highest BCUT2D eigenvalue weighted by atomic mass is 35.5. The molecule has 0 radical (unpaired) electrons. The summed E-state index contributed by atoms with van der Waals surface area (Å²) in [6.45, 7) is 3.86. The third-order valence-corrected chi connectivity index (χ3v) is 6.03. The van der Waals surface area contributed by atoms with Crippen molar-refractivity contribution in [2.45, 2.75) is 0 Å². The smallest absolute Gasteiger partial charge is 0.260 e. The van der Waals surface area contributed by atoms with Crippen molar-refractivity contribution < 1.29 is 23.0 Å². The minimum absolute atomic E-state index is 0. The Morgan fingerprint density at radius 1 is 1.19 bits per heavy atom. The maximum atomic E-state index is 13.7. The number of benzene rings is 2. The standard InChI is InChI=1S/C21H21F2N3O3S.ClH/c1-28-15-3-5-19-18(13-15)24-21(30-19)26(7-6-25-8-10-29-11-9-25)20(27)14-2-4-16(22)17(23)12-14;/h2-5,12-13H,6-11H2,1H3;1H. The second-order valence-electron chi connectivity index (χ2n) is 6.87. The quantitative estimate of drug-likeness (QED) is 0.546. The molecule has 1 amide bonds. The van der Waals surface area contributed by atoms with E-state index in [2.05, 4.69) is 9.88 Å². The maximum absolute atomic E-state index is 13.7. The average molecular weight is 470 g/mol. The molecule has 0 aliphatic carbocycles. The number of methoxy groups -OCH3 is 1. The first kappa shape index (κ1) is 23.3. The van der Waals surface area contributed by atoms with Gasteiger partial charge in [-0.3, -0.25) is 14.6 Å². The first-order valence-corrected chi connectivity index (χ1v) is 10.4. The molecule has 1 aromatic heterocycles. The van der Waals surface area contributed by atoms with Gasteiger partial charge < -0.3 is 9.47 Å². The van der Waals surface area contributed by atoms with Gasteiger partial charge in [0.15, 0.2) is 16.8 Å². The van der Waals surface area contributed by atoms with E-state index in [0.29, 0.717) is 42.7 Å². The number of carbonyl (C=O) groups excluding carboxylic acids is 1. The zero-order valence-electron chi connectivity index (χ0n) is 16.8. The van der Waals surface area contributed by atoms with E-state index < -0.39 is 17.5 Å². The Morgan fingerprint density at radius 2 is 1.97 bits per heavy atom. The molecule has 3 aromatic rings. The Labute approximate surface area is 188 Å². The van der Waals surface area contributed by atoms with Gasteiger partial charge in [0.2, 0.25) is 0 Å². The number of fused-ring (bicyclic) bond motifs is 1. The molecular weight excluding hydrogens is 448 g/mol. The lowest BCUT2D eigenvalue weighted by atomic mass is 10.2. The van der Waals surface area contributed by atoms with Crippen LogP contribution in [-0.2, 0) is 4.74 Å². The third kappa shape index (κ3) is 5.30. The summed E-state index contributed by atoms with van der Waals surface area (Å²) in [4.78, 5) is 21.5. The predicted octanol–water partition coefficient (Wildman–Crippen LogP) is 3.98. The zero-order chi connectivity index (χ0) is 21.1. The molecule has 2 heterocycles. The molecule has 0 atom stereocenters. The molecule has 0 spiro atoms. The highest BCUT2D eigenvalue weighted by Crippen LogP contribution is 2.32. The number of hydrogen-bond acceptors (Lipinski definition) is 6. The van der Waals surface area contributed by atoms with E-state index in [4.69, 9.17) is 9.47 Å². The van der Waals surface area contributed by atoms with Crippen molar-refractivity contribution >= 4 is 45.0 Å². The molecule has 2 aromatic carbocycles. The zero-order valence-corrected chi connectivity index (χ0v) is 18.5. The fraction of sp³-hybridized carbons (Fsp3) is 0.333. The van der Waals surface area contributed by atoms with E-state index >= 15 is 0 Å². The number of carbonyl (C=O) groups is 1. The third-order valence-electron chi connectivity index (χ3n) is 4.97. The Bertz CT molecular complexity index is 1060. The number of anilines is 1. The van der Waals surface area contributed by atoms with E-state index in [-0.39, 0.29) is 18.0 Å². The van der Waals surface area contributed by atoms with Gasteiger partial charge >= 0.3 is 0 Å². The van der Waals surface area contributed by atoms with E-state index in [0.717, 1.165) is 29.9 Å². The van der Waals surface area contributed by atoms with Gasteiger partial charge in [-0.05, 0) is 30.3 Å². The van der Waals surface area contributed by atoms with Crippen LogP contribution < -0.4 is 9.64 Å². The van der Waals surface area contributed by atoms with Crippen LogP contribution in [0.5, 0.6) is 5.75 Å². The Kier molecular flexibility index (Phi) is 7.77. The lowest BCUT2D eigenvalue weighted by Gasteiger charge is -2.29. The van der Waals surface area contributed by atoms with Crippen molar-refractivity contribution in [1.29, 1.82) is 0 Å². The number of hydrogen-bond donors (Lipinski definition) is 0. The minimum atomic E-state index is -1.05. The van der Waals surface area contributed by atoms with E-state index in [1.54, 1.807) is 13.2 Å². The fourth-order valence-corrected chi connectivity index (χ4v) is 4.24. The van der Waals surface area contributed by atoms with Crippen molar-refractivity contribution in [1.82, 2.24) is 9.88 Å². The van der Waals surface area contributed by atoms with E-state index in [1.165, 1.54) is 22.3 Å². The Morgan fingerprint density at radius 3 is 2.68 bits per heavy atom. The molecule has 166 valence electrons. The van der Waals surface area contributed by atoms with Gasteiger partial charge in [-0.15, -0.1) is 12.4 Å². The normalized spacial score (nSPS) is 14.3.